The molecule has 1 aliphatic heterocycles. The number of benzene rings is 10. The van der Waals surface area contributed by atoms with Gasteiger partial charge in [-0.05, 0) is 128 Å². The predicted octanol–water partition coefficient (Wildman–Crippen LogP) is 15.2. The van der Waals surface area contributed by atoms with Crippen LogP contribution in [-0.2, 0) is 0 Å². The van der Waals surface area contributed by atoms with E-state index in [2.05, 4.69) is 220 Å². The van der Waals surface area contributed by atoms with E-state index in [0.29, 0.717) is 0 Å². The monoisotopic (exact) mass is 750 g/mol. The molecule has 12 aromatic rings. The van der Waals surface area contributed by atoms with Gasteiger partial charge >= 0.3 is 0 Å². The average Bonchev–Trinajstić information content (AvgIpc) is 3.71. The highest BCUT2D eigenvalue weighted by Gasteiger charge is 2.32. The van der Waals surface area contributed by atoms with Crippen LogP contribution in [0.25, 0.3) is 81.8 Å². The Morgan fingerprint density at radius 1 is 0.288 bits per heavy atom. The summed E-state index contributed by atoms with van der Waals surface area (Å²) >= 11 is 0. The molecule has 0 atom stereocenters. The lowest BCUT2D eigenvalue weighted by Crippen LogP contribution is -2.24. The van der Waals surface area contributed by atoms with Crippen LogP contribution in [0, 0.1) is 0 Å². The van der Waals surface area contributed by atoms with Crippen LogP contribution in [-0.4, -0.2) is 9.38 Å². The van der Waals surface area contributed by atoms with Gasteiger partial charge in [0, 0.05) is 22.1 Å². The molecule has 0 amide bonds. The van der Waals surface area contributed by atoms with E-state index in [4.69, 9.17) is 4.98 Å². The van der Waals surface area contributed by atoms with Crippen molar-refractivity contribution in [1.82, 2.24) is 9.38 Å². The first-order valence-corrected chi connectivity index (χ1v) is 20.2. The minimum absolute atomic E-state index is 0.981. The normalized spacial score (nSPS) is 12.7. The maximum atomic E-state index is 5.16. The highest BCUT2D eigenvalue weighted by Crippen LogP contribution is 2.57. The molecule has 1 aliphatic rings. The quantitative estimate of drug-likeness (QED) is 0.168. The standard InChI is InChI=1S/C55H34N4/c1-3-15-37(16-4-1)57-51-30-28-36(35-27-29-44-45(31-35)43-23-11-13-25-49(43)59-50-26-14-12-24-48(50)56-55(44)59)32-52(51)58(38-17-5-2-6-18-38)54-34-47-42-22-10-8-20-40(42)39-19-7-9-21-41(39)46(47)33-53(54)57/h1-34H. The number of nitrogens with zero attached hydrogens (tertiary/aromatic N) is 4. The van der Waals surface area contributed by atoms with Gasteiger partial charge in [0.15, 0.2) is 0 Å². The number of anilines is 6. The Balaban J connectivity index is 1.09. The molecule has 0 spiro atoms. The lowest BCUT2D eigenvalue weighted by atomic mass is 9.91. The molecule has 0 N–H and O–H groups in total. The third-order valence-corrected chi connectivity index (χ3v) is 12.4. The molecule has 0 unspecified atom stereocenters. The fourth-order valence-electron chi connectivity index (χ4n) is 9.82. The number of fused-ring (bicyclic) bond motifs is 16. The van der Waals surface area contributed by atoms with Crippen molar-refractivity contribution >= 4 is 105 Å². The van der Waals surface area contributed by atoms with Crippen LogP contribution in [0.2, 0.25) is 0 Å². The minimum Gasteiger partial charge on any atom is -0.306 e. The molecule has 4 nitrogen and oxygen atoms in total. The number of para-hydroxylation sites is 5. The molecule has 0 bridgehead atoms. The first-order chi connectivity index (χ1) is 29.3. The zero-order valence-corrected chi connectivity index (χ0v) is 31.9. The summed E-state index contributed by atoms with van der Waals surface area (Å²) in [6.07, 6.45) is 0. The lowest BCUT2D eigenvalue weighted by Gasteiger charge is -2.41. The van der Waals surface area contributed by atoms with Gasteiger partial charge in [0.05, 0.1) is 39.3 Å². The Kier molecular flexibility index (Phi) is 6.69. The lowest BCUT2D eigenvalue weighted by molar-refractivity contribution is 1.18. The summed E-state index contributed by atoms with van der Waals surface area (Å²) < 4.78 is 2.31. The molecule has 2 aromatic heterocycles. The molecule has 4 heteroatoms. The van der Waals surface area contributed by atoms with Gasteiger partial charge in [-0.3, -0.25) is 4.40 Å². The van der Waals surface area contributed by atoms with Gasteiger partial charge in [0.25, 0.3) is 0 Å². The minimum atomic E-state index is 0.981. The van der Waals surface area contributed by atoms with Crippen LogP contribution >= 0.6 is 0 Å². The fraction of sp³-hybridized carbons (Fsp3) is 0. The van der Waals surface area contributed by atoms with Crippen LogP contribution < -0.4 is 9.80 Å². The molecule has 0 fully saturated rings. The van der Waals surface area contributed by atoms with Crippen molar-refractivity contribution in [1.29, 1.82) is 0 Å². The van der Waals surface area contributed by atoms with E-state index < -0.39 is 0 Å². The van der Waals surface area contributed by atoms with Gasteiger partial charge in [-0.25, -0.2) is 4.98 Å². The van der Waals surface area contributed by atoms with Crippen molar-refractivity contribution < 1.29 is 0 Å². The second-order valence-corrected chi connectivity index (χ2v) is 15.6. The number of imidazole rings is 1. The number of aromatic nitrogens is 2. The van der Waals surface area contributed by atoms with Crippen LogP contribution in [0.3, 0.4) is 0 Å². The predicted molar refractivity (Wildman–Crippen MR) is 249 cm³/mol. The smallest absolute Gasteiger partial charge is 0.146 e. The summed E-state index contributed by atoms with van der Waals surface area (Å²) in [5, 5.41) is 11.1. The molecule has 59 heavy (non-hydrogen) atoms. The largest absolute Gasteiger partial charge is 0.306 e. The van der Waals surface area contributed by atoms with Gasteiger partial charge in [0.1, 0.15) is 5.65 Å². The molecule has 0 radical (unpaired) electrons. The van der Waals surface area contributed by atoms with E-state index in [1.807, 2.05) is 0 Å². The highest BCUT2D eigenvalue weighted by molar-refractivity contribution is 6.27. The van der Waals surface area contributed by atoms with Crippen LogP contribution in [0.15, 0.2) is 206 Å². The van der Waals surface area contributed by atoms with Gasteiger partial charge in [-0.15, -0.1) is 0 Å². The molecule has 274 valence electrons. The summed E-state index contributed by atoms with van der Waals surface area (Å²) in [5.41, 5.74) is 13.3. The van der Waals surface area contributed by atoms with Crippen molar-refractivity contribution in [3.8, 4) is 11.1 Å². The highest BCUT2D eigenvalue weighted by atomic mass is 15.3. The number of pyridine rings is 1. The van der Waals surface area contributed by atoms with E-state index in [1.54, 1.807) is 0 Å². The van der Waals surface area contributed by atoms with Crippen LogP contribution in [0.4, 0.5) is 34.1 Å². The molecule has 10 aromatic carbocycles. The van der Waals surface area contributed by atoms with Crippen LogP contribution in [0.5, 0.6) is 0 Å². The van der Waals surface area contributed by atoms with E-state index in [-0.39, 0.29) is 0 Å². The number of hydrogen-bond acceptors (Lipinski definition) is 3. The van der Waals surface area contributed by atoms with E-state index in [1.165, 1.54) is 43.1 Å². The Hall–Kier alpha value is -7.95. The molecule has 0 saturated heterocycles. The van der Waals surface area contributed by atoms with Crippen molar-refractivity contribution in [3.05, 3.63) is 206 Å². The second kappa shape index (κ2) is 12.3. The zero-order chi connectivity index (χ0) is 38.6. The second-order valence-electron chi connectivity index (χ2n) is 15.6. The first kappa shape index (κ1) is 32.2. The van der Waals surface area contributed by atoms with Crippen molar-refractivity contribution in [3.63, 3.8) is 0 Å². The maximum absolute atomic E-state index is 5.16. The van der Waals surface area contributed by atoms with Crippen molar-refractivity contribution in [2.45, 2.75) is 0 Å². The van der Waals surface area contributed by atoms with Crippen molar-refractivity contribution in [2.24, 2.45) is 0 Å². The van der Waals surface area contributed by atoms with Gasteiger partial charge < -0.3 is 9.80 Å². The third-order valence-electron chi connectivity index (χ3n) is 12.4. The molecular weight excluding hydrogens is 717 g/mol. The van der Waals surface area contributed by atoms with E-state index in [9.17, 15) is 0 Å². The Bertz CT molecular complexity index is 3680. The number of rotatable bonds is 3. The summed E-state index contributed by atoms with van der Waals surface area (Å²) in [6.45, 7) is 0. The Labute approximate surface area is 340 Å². The van der Waals surface area contributed by atoms with Crippen molar-refractivity contribution in [2.75, 3.05) is 9.80 Å². The average molecular weight is 751 g/mol. The van der Waals surface area contributed by atoms with Gasteiger partial charge in [-0.2, -0.15) is 0 Å². The molecule has 0 aliphatic carbocycles. The fourth-order valence-corrected chi connectivity index (χ4v) is 9.82. The van der Waals surface area contributed by atoms with Crippen LogP contribution in [0.1, 0.15) is 0 Å². The maximum Gasteiger partial charge on any atom is 0.146 e. The third kappa shape index (κ3) is 4.63. The SMILES string of the molecule is c1ccc(N2c3ccc(-c4ccc5c(c4)c4ccccc4n4c6ccccc6nc54)cc3N(c3ccccc3)c3cc4c5ccccc5c5ccccc5c4cc32)cc1. The molecule has 13 rings (SSSR count). The zero-order valence-electron chi connectivity index (χ0n) is 31.9. The Morgan fingerprint density at radius 3 is 1.39 bits per heavy atom. The molecular formula is C55H34N4. The first-order valence-electron chi connectivity index (χ1n) is 20.2. The molecule has 3 heterocycles. The van der Waals surface area contributed by atoms with E-state index >= 15 is 0 Å². The van der Waals surface area contributed by atoms with Gasteiger partial charge in [0.2, 0.25) is 0 Å². The summed E-state index contributed by atoms with van der Waals surface area (Å²) in [5.74, 6) is 0. The Morgan fingerprint density at radius 2 is 0.746 bits per heavy atom. The van der Waals surface area contributed by atoms with Gasteiger partial charge in [-0.1, -0.05) is 127 Å². The summed E-state index contributed by atoms with van der Waals surface area (Å²) in [4.78, 5) is 10.1. The van der Waals surface area contributed by atoms with E-state index in [0.717, 1.165) is 72.8 Å². The summed E-state index contributed by atoms with van der Waals surface area (Å²) in [6, 6.07) is 75.2. The molecule has 0 saturated carbocycles. The summed E-state index contributed by atoms with van der Waals surface area (Å²) in [7, 11) is 0. The topological polar surface area (TPSA) is 23.8 Å². The number of hydrogen-bond donors (Lipinski definition) is 0.